The summed E-state index contributed by atoms with van der Waals surface area (Å²) in [6, 6.07) is 0. The topological polar surface area (TPSA) is 50.4 Å². The number of hydrogen-bond acceptors (Lipinski definition) is 3. The van der Waals surface area contributed by atoms with E-state index in [9.17, 15) is 4.79 Å². The summed E-state index contributed by atoms with van der Waals surface area (Å²) in [5, 5.41) is 6.00. The van der Waals surface area contributed by atoms with Crippen molar-refractivity contribution < 1.29 is 9.53 Å². The maximum absolute atomic E-state index is 11.4. The van der Waals surface area contributed by atoms with Gasteiger partial charge in [-0.25, -0.2) is 0 Å². The highest BCUT2D eigenvalue weighted by Crippen LogP contribution is 2.29. The van der Waals surface area contributed by atoms with E-state index < -0.39 is 0 Å². The summed E-state index contributed by atoms with van der Waals surface area (Å²) >= 11 is 0. The van der Waals surface area contributed by atoms with Gasteiger partial charge in [-0.15, -0.1) is 0 Å². The van der Waals surface area contributed by atoms with Crippen LogP contribution in [0.5, 0.6) is 0 Å². The Morgan fingerprint density at radius 1 is 1.44 bits per heavy atom. The van der Waals surface area contributed by atoms with Gasteiger partial charge in [0.2, 0.25) is 5.91 Å². The minimum atomic E-state index is 0.00534. The molecule has 0 aromatic carbocycles. The fourth-order valence-corrected chi connectivity index (χ4v) is 1.83. The lowest BCUT2D eigenvalue weighted by Gasteiger charge is -2.34. The van der Waals surface area contributed by atoms with Gasteiger partial charge in [0.25, 0.3) is 0 Å². The molecule has 4 heteroatoms. The number of nitrogens with one attached hydrogen (secondary N) is 2. The van der Waals surface area contributed by atoms with E-state index in [1.165, 1.54) is 0 Å². The summed E-state index contributed by atoms with van der Waals surface area (Å²) in [5.41, 5.74) is 0. The molecule has 1 saturated carbocycles. The Labute approximate surface area is 98.1 Å². The third kappa shape index (κ3) is 4.94. The lowest BCUT2D eigenvalue weighted by atomic mass is 9.82. The number of ether oxygens (including phenoxy) is 1. The van der Waals surface area contributed by atoms with Crippen LogP contribution in [0, 0.1) is 11.8 Å². The second-order valence-corrected chi connectivity index (χ2v) is 5.03. The molecule has 4 nitrogen and oxygen atoms in total. The zero-order valence-electron chi connectivity index (χ0n) is 10.6. The molecule has 1 rings (SSSR count). The molecule has 0 saturated heterocycles. The summed E-state index contributed by atoms with van der Waals surface area (Å²) < 4.78 is 5.51. The van der Waals surface area contributed by atoms with Crippen LogP contribution in [0.2, 0.25) is 0 Å². The number of rotatable bonds is 7. The molecule has 1 aliphatic carbocycles. The van der Waals surface area contributed by atoms with Crippen molar-refractivity contribution in [3.8, 4) is 0 Å². The SMILES string of the molecule is CNCC1CC(OCC(=O)NCC(C)C)C1. The molecular weight excluding hydrogens is 204 g/mol. The molecule has 1 amide bonds. The molecular formula is C12H24N2O2. The van der Waals surface area contributed by atoms with Crippen molar-refractivity contribution in [1.82, 2.24) is 10.6 Å². The first-order valence-electron chi connectivity index (χ1n) is 6.14. The van der Waals surface area contributed by atoms with E-state index in [2.05, 4.69) is 24.5 Å². The molecule has 0 aromatic rings. The van der Waals surface area contributed by atoms with E-state index in [4.69, 9.17) is 4.74 Å². The number of amides is 1. The van der Waals surface area contributed by atoms with Gasteiger partial charge in [0.1, 0.15) is 6.61 Å². The summed E-state index contributed by atoms with van der Waals surface area (Å²) in [4.78, 5) is 11.4. The maximum Gasteiger partial charge on any atom is 0.246 e. The van der Waals surface area contributed by atoms with Crippen LogP contribution in [0.1, 0.15) is 26.7 Å². The molecule has 0 spiro atoms. The zero-order chi connectivity index (χ0) is 12.0. The monoisotopic (exact) mass is 228 g/mol. The standard InChI is InChI=1S/C12H24N2O2/c1-9(2)6-14-12(15)8-16-11-4-10(5-11)7-13-3/h9-11,13H,4-8H2,1-3H3,(H,14,15). The highest BCUT2D eigenvalue weighted by atomic mass is 16.5. The molecule has 1 fully saturated rings. The smallest absolute Gasteiger partial charge is 0.246 e. The largest absolute Gasteiger partial charge is 0.368 e. The molecule has 16 heavy (non-hydrogen) atoms. The van der Waals surface area contributed by atoms with E-state index in [1.54, 1.807) is 0 Å². The van der Waals surface area contributed by atoms with E-state index in [-0.39, 0.29) is 12.5 Å². The summed E-state index contributed by atoms with van der Waals surface area (Å²) in [6.07, 6.45) is 2.46. The molecule has 0 bridgehead atoms. The van der Waals surface area contributed by atoms with Gasteiger partial charge in [-0.1, -0.05) is 13.8 Å². The highest BCUT2D eigenvalue weighted by molar-refractivity contribution is 5.77. The van der Waals surface area contributed by atoms with Gasteiger partial charge < -0.3 is 15.4 Å². The first kappa shape index (κ1) is 13.5. The fourth-order valence-electron chi connectivity index (χ4n) is 1.83. The highest BCUT2D eigenvalue weighted by Gasteiger charge is 2.29. The van der Waals surface area contributed by atoms with Gasteiger partial charge in [-0.3, -0.25) is 4.79 Å². The van der Waals surface area contributed by atoms with Crippen molar-refractivity contribution in [3.63, 3.8) is 0 Å². The van der Waals surface area contributed by atoms with Crippen molar-refractivity contribution in [2.75, 3.05) is 26.7 Å². The van der Waals surface area contributed by atoms with Crippen LogP contribution in [0.3, 0.4) is 0 Å². The molecule has 0 aliphatic heterocycles. The van der Waals surface area contributed by atoms with Gasteiger partial charge >= 0.3 is 0 Å². The third-order valence-corrected chi connectivity index (χ3v) is 2.84. The minimum Gasteiger partial charge on any atom is -0.368 e. The summed E-state index contributed by atoms with van der Waals surface area (Å²) in [7, 11) is 1.97. The van der Waals surface area contributed by atoms with Crippen LogP contribution < -0.4 is 10.6 Å². The Hall–Kier alpha value is -0.610. The molecule has 0 unspecified atom stereocenters. The third-order valence-electron chi connectivity index (χ3n) is 2.84. The summed E-state index contributed by atoms with van der Waals surface area (Å²) in [5.74, 6) is 1.23. The van der Waals surface area contributed by atoms with Gasteiger partial charge in [-0.05, 0) is 38.3 Å². The maximum atomic E-state index is 11.4. The Morgan fingerprint density at radius 2 is 2.12 bits per heavy atom. The van der Waals surface area contributed by atoms with E-state index in [0.29, 0.717) is 12.0 Å². The van der Waals surface area contributed by atoms with Gasteiger partial charge in [-0.2, -0.15) is 0 Å². The van der Waals surface area contributed by atoms with E-state index in [1.807, 2.05) is 7.05 Å². The average molecular weight is 228 g/mol. The Morgan fingerprint density at radius 3 is 2.69 bits per heavy atom. The molecule has 0 radical (unpaired) electrons. The van der Waals surface area contributed by atoms with Crippen molar-refractivity contribution in [1.29, 1.82) is 0 Å². The summed E-state index contributed by atoms with van der Waals surface area (Å²) in [6.45, 7) is 6.16. The van der Waals surface area contributed by atoms with Crippen molar-refractivity contribution in [2.45, 2.75) is 32.8 Å². The van der Waals surface area contributed by atoms with Crippen LogP contribution in [-0.2, 0) is 9.53 Å². The normalized spacial score (nSPS) is 24.2. The van der Waals surface area contributed by atoms with Crippen LogP contribution in [0.15, 0.2) is 0 Å². The number of carbonyl (C=O) groups excluding carboxylic acids is 1. The molecule has 1 aliphatic rings. The Bertz CT molecular complexity index is 213. The van der Waals surface area contributed by atoms with E-state index in [0.717, 1.165) is 31.8 Å². The first-order valence-corrected chi connectivity index (χ1v) is 6.14. The first-order chi connectivity index (χ1) is 7.61. The van der Waals surface area contributed by atoms with Crippen molar-refractivity contribution in [2.24, 2.45) is 11.8 Å². The quantitative estimate of drug-likeness (QED) is 0.677. The zero-order valence-corrected chi connectivity index (χ0v) is 10.6. The number of carbonyl (C=O) groups is 1. The van der Waals surface area contributed by atoms with Crippen molar-refractivity contribution in [3.05, 3.63) is 0 Å². The molecule has 0 aromatic heterocycles. The molecule has 2 N–H and O–H groups in total. The fraction of sp³-hybridized carbons (Fsp3) is 0.917. The molecule has 0 heterocycles. The van der Waals surface area contributed by atoms with Gasteiger partial charge in [0.15, 0.2) is 0 Å². The minimum absolute atomic E-state index is 0.00534. The number of hydrogen-bond donors (Lipinski definition) is 2. The molecule has 94 valence electrons. The van der Waals surface area contributed by atoms with Crippen LogP contribution in [-0.4, -0.2) is 38.8 Å². The predicted molar refractivity (Wildman–Crippen MR) is 64.2 cm³/mol. The van der Waals surface area contributed by atoms with Gasteiger partial charge in [0.05, 0.1) is 6.10 Å². The Balaban J connectivity index is 1.97. The second-order valence-electron chi connectivity index (χ2n) is 5.03. The Kier molecular flexibility index (Phi) is 5.77. The van der Waals surface area contributed by atoms with Crippen LogP contribution in [0.25, 0.3) is 0 Å². The molecule has 0 atom stereocenters. The lowest BCUT2D eigenvalue weighted by Crippen LogP contribution is -2.39. The average Bonchev–Trinajstić information content (AvgIpc) is 2.18. The van der Waals surface area contributed by atoms with Crippen LogP contribution in [0.4, 0.5) is 0 Å². The van der Waals surface area contributed by atoms with E-state index >= 15 is 0 Å². The predicted octanol–water partition coefficient (Wildman–Crippen LogP) is 0.773. The van der Waals surface area contributed by atoms with Crippen molar-refractivity contribution >= 4 is 5.91 Å². The van der Waals surface area contributed by atoms with Gasteiger partial charge in [0, 0.05) is 6.54 Å². The van der Waals surface area contributed by atoms with Crippen LogP contribution >= 0.6 is 0 Å². The lowest BCUT2D eigenvalue weighted by molar-refractivity contribution is -0.131. The second kappa shape index (κ2) is 6.86.